The molecule has 5 heteroatoms. The molecule has 3 aliphatic heterocycles. The Morgan fingerprint density at radius 1 is 1.15 bits per heavy atom. The van der Waals surface area contributed by atoms with Gasteiger partial charge in [-0.05, 0) is 37.2 Å². The molecule has 0 spiro atoms. The fourth-order valence-corrected chi connectivity index (χ4v) is 4.68. The summed E-state index contributed by atoms with van der Waals surface area (Å²) in [6.07, 6.45) is 4.56. The van der Waals surface area contributed by atoms with Gasteiger partial charge in [0, 0.05) is 42.3 Å². The predicted octanol–water partition coefficient (Wildman–Crippen LogP) is 2.43. The van der Waals surface area contributed by atoms with E-state index in [1.54, 1.807) is 0 Å². The van der Waals surface area contributed by atoms with Crippen LogP contribution in [0.4, 0.5) is 0 Å². The summed E-state index contributed by atoms with van der Waals surface area (Å²) in [6, 6.07) is 8.01. The number of rotatable bonds is 2. The van der Waals surface area contributed by atoms with Crippen LogP contribution in [0.25, 0.3) is 5.57 Å². The Labute approximate surface area is 154 Å². The van der Waals surface area contributed by atoms with Crippen LogP contribution in [-0.2, 0) is 9.53 Å². The molecule has 1 saturated carbocycles. The maximum absolute atomic E-state index is 12.2. The van der Waals surface area contributed by atoms with Gasteiger partial charge < -0.3 is 20.1 Å². The highest BCUT2D eigenvalue weighted by atomic mass is 16.5. The zero-order valence-corrected chi connectivity index (χ0v) is 15.0. The minimum Gasteiger partial charge on any atom is -0.373 e. The van der Waals surface area contributed by atoms with Gasteiger partial charge in [-0.1, -0.05) is 24.3 Å². The smallest absolute Gasteiger partial charge is 0.225 e. The zero-order chi connectivity index (χ0) is 17.7. The van der Waals surface area contributed by atoms with E-state index in [1.165, 1.54) is 5.57 Å². The third kappa shape index (κ3) is 2.83. The standard InChI is InChI=1S/C21H26N2O3/c24-20-16-4-2-1-3-15(16)17-12-26-19(11-18(17)22-20)13-7-9-23(10-8-13)21(25)14-5-6-14/h1-4,13-14,19-20,22,24H,5-12H2. The van der Waals surface area contributed by atoms with Crippen molar-refractivity contribution < 1.29 is 14.6 Å². The van der Waals surface area contributed by atoms with Crippen LogP contribution in [0.2, 0.25) is 0 Å². The van der Waals surface area contributed by atoms with Crippen molar-refractivity contribution in [2.75, 3.05) is 19.7 Å². The molecule has 5 nitrogen and oxygen atoms in total. The average Bonchev–Trinajstić information content (AvgIpc) is 3.53. The fourth-order valence-electron chi connectivity index (χ4n) is 4.68. The Kier molecular flexibility index (Phi) is 4.02. The lowest BCUT2D eigenvalue weighted by atomic mass is 9.84. The molecule has 2 unspecified atom stereocenters. The lowest BCUT2D eigenvalue weighted by molar-refractivity contribution is -0.134. The van der Waals surface area contributed by atoms with Crippen molar-refractivity contribution in [3.8, 4) is 0 Å². The number of nitrogens with zero attached hydrogens (tertiary/aromatic N) is 1. The molecule has 1 amide bonds. The first-order valence-corrected chi connectivity index (χ1v) is 9.87. The van der Waals surface area contributed by atoms with Gasteiger partial charge in [-0.25, -0.2) is 0 Å². The van der Waals surface area contributed by atoms with E-state index >= 15 is 0 Å². The number of fused-ring (bicyclic) bond motifs is 2. The molecule has 1 aliphatic carbocycles. The molecule has 4 aliphatic rings. The van der Waals surface area contributed by atoms with Crippen LogP contribution in [-0.4, -0.2) is 41.7 Å². The molecule has 1 aromatic rings. The molecule has 26 heavy (non-hydrogen) atoms. The molecule has 0 aromatic heterocycles. The van der Waals surface area contributed by atoms with Crippen molar-refractivity contribution in [1.29, 1.82) is 0 Å². The number of benzene rings is 1. The van der Waals surface area contributed by atoms with Crippen molar-refractivity contribution in [3.05, 3.63) is 41.1 Å². The third-order valence-electron chi connectivity index (χ3n) is 6.41. The minimum absolute atomic E-state index is 0.178. The van der Waals surface area contributed by atoms with Gasteiger partial charge in [0.15, 0.2) is 6.23 Å². The molecule has 2 fully saturated rings. The largest absolute Gasteiger partial charge is 0.373 e. The van der Waals surface area contributed by atoms with Gasteiger partial charge in [0.05, 0.1) is 12.7 Å². The van der Waals surface area contributed by atoms with Crippen LogP contribution >= 0.6 is 0 Å². The number of piperidine rings is 1. The van der Waals surface area contributed by atoms with E-state index in [2.05, 4.69) is 16.3 Å². The lowest BCUT2D eigenvalue weighted by Crippen LogP contribution is -2.44. The van der Waals surface area contributed by atoms with Crippen LogP contribution in [0.15, 0.2) is 30.0 Å². The number of carbonyl (C=O) groups is 1. The highest BCUT2D eigenvalue weighted by molar-refractivity contribution is 5.81. The molecule has 1 saturated heterocycles. The minimum atomic E-state index is -0.637. The summed E-state index contributed by atoms with van der Waals surface area (Å²) in [5.41, 5.74) is 4.35. The Balaban J connectivity index is 1.27. The molecule has 5 rings (SSSR count). The zero-order valence-electron chi connectivity index (χ0n) is 15.0. The normalized spacial score (nSPS) is 29.0. The van der Waals surface area contributed by atoms with E-state index < -0.39 is 6.23 Å². The van der Waals surface area contributed by atoms with Gasteiger partial charge >= 0.3 is 0 Å². The number of aliphatic hydroxyl groups is 1. The number of amides is 1. The number of nitrogens with one attached hydrogen (secondary N) is 1. The molecule has 3 heterocycles. The third-order valence-corrected chi connectivity index (χ3v) is 6.41. The summed E-state index contributed by atoms with van der Waals surface area (Å²) < 4.78 is 6.25. The summed E-state index contributed by atoms with van der Waals surface area (Å²) in [7, 11) is 0. The Bertz CT molecular complexity index is 747. The first kappa shape index (κ1) is 16.3. The highest BCUT2D eigenvalue weighted by Gasteiger charge is 2.38. The molecule has 2 atom stereocenters. The topological polar surface area (TPSA) is 61.8 Å². The van der Waals surface area contributed by atoms with Crippen molar-refractivity contribution >= 4 is 11.5 Å². The fraction of sp³-hybridized carbons (Fsp3) is 0.571. The molecule has 0 radical (unpaired) electrons. The maximum Gasteiger partial charge on any atom is 0.225 e. The molecular formula is C21H26N2O3. The van der Waals surface area contributed by atoms with Gasteiger partial charge in [-0.2, -0.15) is 0 Å². The molecule has 0 bridgehead atoms. The predicted molar refractivity (Wildman–Crippen MR) is 97.8 cm³/mol. The average molecular weight is 354 g/mol. The number of hydrogen-bond acceptors (Lipinski definition) is 4. The van der Waals surface area contributed by atoms with Gasteiger partial charge in [0.1, 0.15) is 0 Å². The Hall–Kier alpha value is -1.85. The van der Waals surface area contributed by atoms with E-state index in [0.717, 1.165) is 62.0 Å². The molecule has 2 N–H and O–H groups in total. The van der Waals surface area contributed by atoms with E-state index in [1.807, 2.05) is 18.2 Å². The van der Waals surface area contributed by atoms with Gasteiger partial charge in [-0.3, -0.25) is 4.79 Å². The van der Waals surface area contributed by atoms with Crippen LogP contribution in [0.3, 0.4) is 0 Å². The lowest BCUT2D eigenvalue weighted by Gasteiger charge is -2.40. The van der Waals surface area contributed by atoms with E-state index in [4.69, 9.17) is 4.74 Å². The second-order valence-corrected chi connectivity index (χ2v) is 8.08. The SMILES string of the molecule is O=C(C1CC1)N1CCC(C2CC3=C(CO2)c2ccccc2C(O)N3)CC1. The van der Waals surface area contributed by atoms with Crippen LogP contribution in [0.1, 0.15) is 49.5 Å². The van der Waals surface area contributed by atoms with Gasteiger partial charge in [0.2, 0.25) is 5.91 Å². The number of aliphatic hydroxyl groups excluding tert-OH is 1. The quantitative estimate of drug-likeness (QED) is 0.856. The first-order valence-electron chi connectivity index (χ1n) is 9.87. The summed E-state index contributed by atoms with van der Waals surface area (Å²) >= 11 is 0. The molecule has 1 aromatic carbocycles. The number of hydrogen-bond donors (Lipinski definition) is 2. The summed E-state index contributed by atoms with van der Waals surface area (Å²) in [4.78, 5) is 14.3. The van der Waals surface area contributed by atoms with E-state index in [9.17, 15) is 9.90 Å². The number of ether oxygens (including phenoxy) is 1. The number of carbonyl (C=O) groups excluding carboxylic acids is 1. The van der Waals surface area contributed by atoms with Crippen LogP contribution < -0.4 is 5.32 Å². The van der Waals surface area contributed by atoms with Crippen LogP contribution in [0.5, 0.6) is 0 Å². The monoisotopic (exact) mass is 354 g/mol. The second-order valence-electron chi connectivity index (χ2n) is 8.08. The summed E-state index contributed by atoms with van der Waals surface area (Å²) in [5, 5.41) is 13.7. The maximum atomic E-state index is 12.2. The van der Waals surface area contributed by atoms with Gasteiger partial charge in [0.25, 0.3) is 0 Å². The first-order chi connectivity index (χ1) is 12.7. The summed E-state index contributed by atoms with van der Waals surface area (Å²) in [5.74, 6) is 1.17. The summed E-state index contributed by atoms with van der Waals surface area (Å²) in [6.45, 7) is 2.33. The van der Waals surface area contributed by atoms with Crippen molar-refractivity contribution in [2.24, 2.45) is 11.8 Å². The Morgan fingerprint density at radius 3 is 2.69 bits per heavy atom. The Morgan fingerprint density at radius 2 is 1.92 bits per heavy atom. The van der Waals surface area contributed by atoms with E-state index in [0.29, 0.717) is 24.3 Å². The van der Waals surface area contributed by atoms with Crippen molar-refractivity contribution in [2.45, 2.75) is 44.4 Å². The van der Waals surface area contributed by atoms with Crippen molar-refractivity contribution in [1.82, 2.24) is 10.2 Å². The number of likely N-dealkylation sites (tertiary alicyclic amines) is 1. The van der Waals surface area contributed by atoms with E-state index in [-0.39, 0.29) is 6.10 Å². The highest BCUT2D eigenvalue weighted by Crippen LogP contribution is 2.39. The van der Waals surface area contributed by atoms with Gasteiger partial charge in [-0.15, -0.1) is 0 Å². The molecular weight excluding hydrogens is 328 g/mol. The van der Waals surface area contributed by atoms with Crippen molar-refractivity contribution in [3.63, 3.8) is 0 Å². The molecule has 138 valence electrons. The van der Waals surface area contributed by atoms with Crippen LogP contribution in [0, 0.1) is 11.8 Å². The second kappa shape index (κ2) is 6.39.